The van der Waals surface area contributed by atoms with Crippen LogP contribution in [0.2, 0.25) is 0 Å². The minimum Gasteiger partial charge on any atom is -0.355 e. The smallest absolute Gasteiger partial charge is 0.0723 e. The standard InChI is InChI=1S/C25H17N3S/c26-13-11-17-5-8-20(9-6-17)28-23-12-14-27-22-10-7-19(15-21(22)23)25-16-18-3-1-2-4-24(18)29-25/h1-10,12,14-16H,11H2,(H,27,28). The van der Waals surface area contributed by atoms with Crippen molar-refractivity contribution in [3.05, 3.63) is 90.6 Å². The summed E-state index contributed by atoms with van der Waals surface area (Å²) in [7, 11) is 0. The predicted octanol–water partition coefficient (Wildman–Crippen LogP) is 6.93. The molecule has 0 unspecified atom stereocenters. The van der Waals surface area contributed by atoms with Gasteiger partial charge in [-0.15, -0.1) is 11.3 Å². The van der Waals surface area contributed by atoms with Crippen molar-refractivity contribution in [3.8, 4) is 16.5 Å². The largest absolute Gasteiger partial charge is 0.355 e. The zero-order valence-corrected chi connectivity index (χ0v) is 16.4. The Morgan fingerprint density at radius 1 is 0.931 bits per heavy atom. The molecule has 4 heteroatoms. The van der Waals surface area contributed by atoms with Gasteiger partial charge in [0.1, 0.15) is 0 Å². The van der Waals surface area contributed by atoms with Gasteiger partial charge in [0.05, 0.1) is 18.0 Å². The third-order valence-corrected chi connectivity index (χ3v) is 6.13. The van der Waals surface area contributed by atoms with Gasteiger partial charge >= 0.3 is 0 Å². The summed E-state index contributed by atoms with van der Waals surface area (Å²) >= 11 is 1.81. The quantitative estimate of drug-likeness (QED) is 0.361. The van der Waals surface area contributed by atoms with Crippen LogP contribution in [0.25, 0.3) is 31.4 Å². The van der Waals surface area contributed by atoms with Crippen LogP contribution in [-0.4, -0.2) is 4.98 Å². The van der Waals surface area contributed by atoms with Gasteiger partial charge in [0.25, 0.3) is 0 Å². The number of nitrogens with zero attached hydrogens (tertiary/aromatic N) is 2. The number of pyridine rings is 1. The molecule has 0 aliphatic rings. The van der Waals surface area contributed by atoms with E-state index in [-0.39, 0.29) is 0 Å². The van der Waals surface area contributed by atoms with Gasteiger partial charge < -0.3 is 5.32 Å². The van der Waals surface area contributed by atoms with Crippen LogP contribution in [0.1, 0.15) is 5.56 Å². The van der Waals surface area contributed by atoms with Gasteiger partial charge in [-0.2, -0.15) is 5.26 Å². The molecule has 0 fully saturated rings. The second kappa shape index (κ2) is 7.38. The van der Waals surface area contributed by atoms with E-state index in [1.165, 1.54) is 20.5 Å². The number of benzene rings is 3. The summed E-state index contributed by atoms with van der Waals surface area (Å²) in [5, 5.41) is 14.7. The molecule has 0 saturated heterocycles. The molecule has 3 aromatic carbocycles. The van der Waals surface area contributed by atoms with Gasteiger partial charge in [0.2, 0.25) is 0 Å². The first-order valence-electron chi connectivity index (χ1n) is 9.41. The van der Waals surface area contributed by atoms with Crippen molar-refractivity contribution in [2.45, 2.75) is 6.42 Å². The second-order valence-electron chi connectivity index (χ2n) is 6.90. The lowest BCUT2D eigenvalue weighted by molar-refractivity contribution is 1.26. The SMILES string of the molecule is N#CCc1ccc(Nc2ccnc3ccc(-c4cc5ccccc5s4)cc23)cc1. The summed E-state index contributed by atoms with van der Waals surface area (Å²) in [5.41, 5.74) is 5.18. The van der Waals surface area contributed by atoms with Gasteiger partial charge in [-0.1, -0.05) is 36.4 Å². The molecule has 2 heterocycles. The van der Waals surface area contributed by atoms with Crippen LogP contribution in [0.3, 0.4) is 0 Å². The highest BCUT2D eigenvalue weighted by Crippen LogP contribution is 2.36. The molecule has 3 nitrogen and oxygen atoms in total. The molecule has 0 bridgehead atoms. The zero-order valence-electron chi connectivity index (χ0n) is 15.6. The monoisotopic (exact) mass is 391 g/mol. The van der Waals surface area contributed by atoms with E-state index in [0.717, 1.165) is 27.8 Å². The van der Waals surface area contributed by atoms with E-state index in [0.29, 0.717) is 6.42 Å². The molecule has 2 aromatic heterocycles. The number of fused-ring (bicyclic) bond motifs is 2. The fourth-order valence-electron chi connectivity index (χ4n) is 3.49. The Kier molecular flexibility index (Phi) is 4.44. The predicted molar refractivity (Wildman–Crippen MR) is 122 cm³/mol. The first kappa shape index (κ1) is 17.4. The summed E-state index contributed by atoms with van der Waals surface area (Å²) in [6, 6.07) is 29.3. The summed E-state index contributed by atoms with van der Waals surface area (Å²) < 4.78 is 1.30. The number of hydrogen-bond acceptors (Lipinski definition) is 4. The summed E-state index contributed by atoms with van der Waals surface area (Å²) in [6.45, 7) is 0. The third kappa shape index (κ3) is 3.44. The molecule has 1 N–H and O–H groups in total. The maximum atomic E-state index is 8.84. The highest BCUT2D eigenvalue weighted by molar-refractivity contribution is 7.22. The maximum Gasteiger partial charge on any atom is 0.0723 e. The number of nitrogens with one attached hydrogen (secondary N) is 1. The van der Waals surface area contributed by atoms with E-state index < -0.39 is 0 Å². The van der Waals surface area contributed by atoms with Crippen molar-refractivity contribution in [2.75, 3.05) is 5.32 Å². The van der Waals surface area contributed by atoms with Crippen molar-refractivity contribution < 1.29 is 0 Å². The van der Waals surface area contributed by atoms with Crippen LogP contribution in [0.4, 0.5) is 11.4 Å². The van der Waals surface area contributed by atoms with Crippen molar-refractivity contribution in [2.24, 2.45) is 0 Å². The first-order valence-corrected chi connectivity index (χ1v) is 10.2. The van der Waals surface area contributed by atoms with E-state index in [1.54, 1.807) is 0 Å². The van der Waals surface area contributed by atoms with E-state index in [9.17, 15) is 0 Å². The third-order valence-electron chi connectivity index (χ3n) is 4.97. The van der Waals surface area contributed by atoms with Gasteiger partial charge in [0, 0.05) is 32.5 Å². The Morgan fingerprint density at radius 3 is 2.62 bits per heavy atom. The lowest BCUT2D eigenvalue weighted by atomic mass is 10.1. The van der Waals surface area contributed by atoms with Crippen LogP contribution in [-0.2, 0) is 6.42 Å². The molecule has 138 valence electrons. The van der Waals surface area contributed by atoms with Crippen LogP contribution in [0.5, 0.6) is 0 Å². The fraction of sp³-hybridized carbons (Fsp3) is 0.0400. The molecule has 5 rings (SSSR count). The van der Waals surface area contributed by atoms with Crippen LogP contribution < -0.4 is 5.32 Å². The number of hydrogen-bond donors (Lipinski definition) is 1. The summed E-state index contributed by atoms with van der Waals surface area (Å²) in [5.74, 6) is 0. The Hall–Kier alpha value is -3.68. The molecule has 5 aromatic rings. The average molecular weight is 391 g/mol. The van der Waals surface area contributed by atoms with Gasteiger partial charge in [0.15, 0.2) is 0 Å². The Labute approximate surface area is 172 Å². The molecular formula is C25H17N3S. The number of nitriles is 1. The fourth-order valence-corrected chi connectivity index (χ4v) is 4.54. The number of rotatable bonds is 4. The van der Waals surface area contributed by atoms with E-state index in [1.807, 2.05) is 47.9 Å². The van der Waals surface area contributed by atoms with Crippen molar-refractivity contribution in [1.29, 1.82) is 5.26 Å². The molecular weight excluding hydrogens is 374 g/mol. The maximum absolute atomic E-state index is 8.84. The van der Waals surface area contributed by atoms with Crippen LogP contribution in [0, 0.1) is 11.3 Å². The lowest BCUT2D eigenvalue weighted by Gasteiger charge is -2.11. The minimum absolute atomic E-state index is 0.428. The van der Waals surface area contributed by atoms with Gasteiger partial charge in [-0.3, -0.25) is 4.98 Å². The molecule has 0 radical (unpaired) electrons. The Balaban J connectivity index is 1.54. The molecule has 0 aliphatic carbocycles. The molecule has 0 atom stereocenters. The highest BCUT2D eigenvalue weighted by Gasteiger charge is 2.08. The van der Waals surface area contributed by atoms with Crippen molar-refractivity contribution in [1.82, 2.24) is 4.98 Å². The van der Waals surface area contributed by atoms with E-state index >= 15 is 0 Å². The van der Waals surface area contributed by atoms with Crippen molar-refractivity contribution >= 4 is 43.7 Å². The second-order valence-corrected chi connectivity index (χ2v) is 7.98. The molecule has 29 heavy (non-hydrogen) atoms. The number of aromatic nitrogens is 1. The topological polar surface area (TPSA) is 48.7 Å². The number of thiophene rings is 1. The highest BCUT2D eigenvalue weighted by atomic mass is 32.1. The summed E-state index contributed by atoms with van der Waals surface area (Å²) in [6.07, 6.45) is 2.25. The van der Waals surface area contributed by atoms with Crippen molar-refractivity contribution in [3.63, 3.8) is 0 Å². The van der Waals surface area contributed by atoms with E-state index in [2.05, 4.69) is 64.9 Å². The molecule has 0 aliphatic heterocycles. The zero-order chi connectivity index (χ0) is 19.6. The Morgan fingerprint density at radius 2 is 1.79 bits per heavy atom. The average Bonchev–Trinajstić information content (AvgIpc) is 3.20. The molecule has 0 saturated carbocycles. The first-order chi connectivity index (χ1) is 14.3. The number of anilines is 2. The Bertz CT molecular complexity index is 1330. The van der Waals surface area contributed by atoms with Gasteiger partial charge in [-0.25, -0.2) is 0 Å². The van der Waals surface area contributed by atoms with E-state index in [4.69, 9.17) is 5.26 Å². The van der Waals surface area contributed by atoms with Gasteiger partial charge in [-0.05, 0) is 59.0 Å². The normalized spacial score (nSPS) is 10.9. The summed E-state index contributed by atoms with van der Waals surface area (Å²) in [4.78, 5) is 5.78. The van der Waals surface area contributed by atoms with Crippen LogP contribution >= 0.6 is 11.3 Å². The molecule has 0 spiro atoms. The molecule has 0 amide bonds. The lowest BCUT2D eigenvalue weighted by Crippen LogP contribution is -1.93. The van der Waals surface area contributed by atoms with Crippen LogP contribution in [0.15, 0.2) is 85.1 Å². The minimum atomic E-state index is 0.428.